The van der Waals surface area contributed by atoms with Crippen molar-refractivity contribution in [2.45, 2.75) is 49.5 Å². The average molecular weight is 279 g/mol. The summed E-state index contributed by atoms with van der Waals surface area (Å²) >= 11 is 1.60. The molecular weight excluding hydrogens is 258 g/mol. The normalized spacial score (nSPS) is 16.2. The molecule has 0 bridgehead atoms. The maximum absolute atomic E-state index is 11.8. The first kappa shape index (κ1) is 14.3. The molecule has 1 aliphatic carbocycles. The molecule has 2 rings (SSSR count). The van der Waals surface area contributed by atoms with Gasteiger partial charge in [0.05, 0.1) is 0 Å². The summed E-state index contributed by atoms with van der Waals surface area (Å²) in [6, 6.07) is 7.54. The molecule has 19 heavy (non-hydrogen) atoms. The van der Waals surface area contributed by atoms with Gasteiger partial charge in [-0.25, -0.2) is 0 Å². The molecule has 0 atom stereocenters. The zero-order chi connectivity index (χ0) is 13.5. The van der Waals surface area contributed by atoms with Crippen molar-refractivity contribution in [3.05, 3.63) is 24.3 Å². The summed E-state index contributed by atoms with van der Waals surface area (Å²) in [4.78, 5) is 12.8. The van der Waals surface area contributed by atoms with Gasteiger partial charge in [-0.05, 0) is 31.0 Å². The van der Waals surface area contributed by atoms with Crippen LogP contribution in [-0.2, 0) is 4.79 Å². The highest BCUT2D eigenvalue weighted by Crippen LogP contribution is 2.23. The van der Waals surface area contributed by atoms with Crippen LogP contribution >= 0.6 is 11.8 Å². The zero-order valence-corrected chi connectivity index (χ0v) is 11.9. The second-order valence-corrected chi connectivity index (χ2v) is 6.17. The van der Waals surface area contributed by atoms with E-state index in [0.717, 1.165) is 23.5 Å². The number of amides is 1. The molecule has 1 fully saturated rings. The molecule has 4 heteroatoms. The van der Waals surface area contributed by atoms with Gasteiger partial charge in [0.2, 0.25) is 5.91 Å². The lowest BCUT2D eigenvalue weighted by molar-refractivity contribution is -0.121. The Kier molecular flexibility index (Phi) is 5.58. The van der Waals surface area contributed by atoms with Crippen LogP contribution < -0.4 is 5.32 Å². The van der Waals surface area contributed by atoms with Crippen molar-refractivity contribution in [3.8, 4) is 5.75 Å². The van der Waals surface area contributed by atoms with Crippen LogP contribution in [0.5, 0.6) is 5.75 Å². The van der Waals surface area contributed by atoms with Crippen LogP contribution in [0.1, 0.15) is 38.5 Å². The molecule has 0 radical (unpaired) electrons. The molecule has 0 heterocycles. The quantitative estimate of drug-likeness (QED) is 0.813. The molecule has 1 aromatic rings. The summed E-state index contributed by atoms with van der Waals surface area (Å²) in [5.41, 5.74) is 0. The Morgan fingerprint density at radius 1 is 1.32 bits per heavy atom. The van der Waals surface area contributed by atoms with E-state index in [9.17, 15) is 9.90 Å². The van der Waals surface area contributed by atoms with Crippen LogP contribution in [0.3, 0.4) is 0 Å². The van der Waals surface area contributed by atoms with Crippen LogP contribution in [0.2, 0.25) is 0 Å². The lowest BCUT2D eigenvalue weighted by Gasteiger charge is -2.22. The summed E-state index contributed by atoms with van der Waals surface area (Å²) < 4.78 is 0. The van der Waals surface area contributed by atoms with Crippen molar-refractivity contribution in [1.82, 2.24) is 5.32 Å². The fraction of sp³-hybridized carbons (Fsp3) is 0.533. The summed E-state index contributed by atoms with van der Waals surface area (Å²) in [6.07, 6.45) is 6.58. The average Bonchev–Trinajstić information content (AvgIpc) is 2.40. The first-order valence-corrected chi connectivity index (χ1v) is 7.94. The number of rotatable bonds is 5. The number of hydrogen-bond acceptors (Lipinski definition) is 3. The van der Waals surface area contributed by atoms with Crippen molar-refractivity contribution in [3.63, 3.8) is 0 Å². The minimum absolute atomic E-state index is 0.152. The fourth-order valence-electron chi connectivity index (χ4n) is 2.38. The van der Waals surface area contributed by atoms with E-state index < -0.39 is 0 Å². The number of carbonyl (C=O) groups excluding carboxylic acids is 1. The Hall–Kier alpha value is -1.16. The zero-order valence-electron chi connectivity index (χ0n) is 11.1. The van der Waals surface area contributed by atoms with Gasteiger partial charge in [0.1, 0.15) is 5.75 Å². The monoisotopic (exact) mass is 279 g/mol. The molecule has 0 unspecified atom stereocenters. The van der Waals surface area contributed by atoms with Gasteiger partial charge in [0, 0.05) is 23.1 Å². The highest BCUT2D eigenvalue weighted by atomic mass is 32.2. The van der Waals surface area contributed by atoms with Crippen molar-refractivity contribution in [1.29, 1.82) is 0 Å². The number of hydrogen-bond donors (Lipinski definition) is 2. The third-order valence-corrected chi connectivity index (χ3v) is 4.38. The molecule has 1 amide bonds. The van der Waals surface area contributed by atoms with Crippen LogP contribution in [0, 0.1) is 0 Å². The van der Waals surface area contributed by atoms with Gasteiger partial charge in [0.25, 0.3) is 0 Å². The number of phenolic OH excluding ortho intramolecular Hbond substituents is 1. The summed E-state index contributed by atoms with van der Waals surface area (Å²) in [6.45, 7) is 0. The van der Waals surface area contributed by atoms with E-state index in [1.165, 1.54) is 19.3 Å². The molecule has 0 aromatic heterocycles. The molecule has 1 aliphatic rings. The van der Waals surface area contributed by atoms with Crippen molar-refractivity contribution < 1.29 is 9.90 Å². The lowest BCUT2D eigenvalue weighted by atomic mass is 9.95. The van der Waals surface area contributed by atoms with Gasteiger partial charge < -0.3 is 10.4 Å². The SMILES string of the molecule is O=C(CCSc1cccc(O)c1)NC1CCCCC1. The molecule has 0 saturated heterocycles. The first-order valence-electron chi connectivity index (χ1n) is 6.95. The van der Waals surface area contributed by atoms with E-state index in [1.807, 2.05) is 12.1 Å². The van der Waals surface area contributed by atoms with Crippen LogP contribution in [0.15, 0.2) is 29.2 Å². The summed E-state index contributed by atoms with van der Waals surface area (Å²) in [7, 11) is 0. The Morgan fingerprint density at radius 2 is 2.11 bits per heavy atom. The fourth-order valence-corrected chi connectivity index (χ4v) is 3.28. The van der Waals surface area contributed by atoms with Crippen LogP contribution in [-0.4, -0.2) is 22.8 Å². The van der Waals surface area contributed by atoms with Crippen molar-refractivity contribution in [2.75, 3.05) is 5.75 Å². The van der Waals surface area contributed by atoms with E-state index in [4.69, 9.17) is 0 Å². The molecule has 1 aromatic carbocycles. The smallest absolute Gasteiger partial charge is 0.221 e. The van der Waals surface area contributed by atoms with Gasteiger partial charge in [0.15, 0.2) is 0 Å². The molecule has 0 spiro atoms. The standard InChI is InChI=1S/C15H21NO2S/c17-13-7-4-8-14(11-13)19-10-9-15(18)16-12-5-2-1-3-6-12/h4,7-8,11-12,17H,1-3,5-6,9-10H2,(H,16,18). The highest BCUT2D eigenvalue weighted by Gasteiger charge is 2.15. The number of nitrogens with one attached hydrogen (secondary N) is 1. The Balaban J connectivity index is 1.66. The third-order valence-electron chi connectivity index (χ3n) is 3.39. The molecule has 2 N–H and O–H groups in total. The molecular formula is C15H21NO2S. The number of benzene rings is 1. The predicted octanol–water partition coefficient (Wildman–Crippen LogP) is 3.32. The lowest BCUT2D eigenvalue weighted by Crippen LogP contribution is -2.36. The van der Waals surface area contributed by atoms with Gasteiger partial charge in [-0.3, -0.25) is 4.79 Å². The largest absolute Gasteiger partial charge is 0.508 e. The van der Waals surface area contributed by atoms with Crippen LogP contribution in [0.25, 0.3) is 0 Å². The number of phenols is 1. The number of aromatic hydroxyl groups is 1. The Labute approximate surface area is 118 Å². The summed E-state index contributed by atoms with van der Waals surface area (Å²) in [5.74, 6) is 1.18. The number of carbonyl (C=O) groups is 1. The first-order chi connectivity index (χ1) is 9.24. The van der Waals surface area contributed by atoms with Gasteiger partial charge in [-0.1, -0.05) is 25.3 Å². The number of thioether (sulfide) groups is 1. The van der Waals surface area contributed by atoms with E-state index >= 15 is 0 Å². The Bertz CT molecular complexity index is 416. The molecule has 104 valence electrons. The van der Waals surface area contributed by atoms with E-state index in [2.05, 4.69) is 5.32 Å². The second kappa shape index (κ2) is 7.43. The van der Waals surface area contributed by atoms with Crippen molar-refractivity contribution >= 4 is 17.7 Å². The van der Waals surface area contributed by atoms with Gasteiger partial charge in [-0.15, -0.1) is 11.8 Å². The van der Waals surface area contributed by atoms with Crippen LogP contribution in [0.4, 0.5) is 0 Å². The third kappa shape index (κ3) is 5.15. The minimum atomic E-state index is 0.152. The minimum Gasteiger partial charge on any atom is -0.508 e. The maximum atomic E-state index is 11.8. The molecule has 3 nitrogen and oxygen atoms in total. The van der Waals surface area contributed by atoms with E-state index in [1.54, 1.807) is 23.9 Å². The van der Waals surface area contributed by atoms with Crippen molar-refractivity contribution in [2.24, 2.45) is 0 Å². The molecule has 0 aliphatic heterocycles. The molecule has 1 saturated carbocycles. The topological polar surface area (TPSA) is 49.3 Å². The van der Waals surface area contributed by atoms with Gasteiger partial charge >= 0.3 is 0 Å². The Morgan fingerprint density at radius 3 is 2.84 bits per heavy atom. The second-order valence-electron chi connectivity index (χ2n) is 5.00. The maximum Gasteiger partial charge on any atom is 0.221 e. The highest BCUT2D eigenvalue weighted by molar-refractivity contribution is 7.99. The van der Waals surface area contributed by atoms with Gasteiger partial charge in [-0.2, -0.15) is 0 Å². The summed E-state index contributed by atoms with van der Waals surface area (Å²) in [5, 5.41) is 12.5. The van der Waals surface area contributed by atoms with E-state index in [-0.39, 0.29) is 11.7 Å². The predicted molar refractivity (Wildman–Crippen MR) is 78.5 cm³/mol. The van der Waals surface area contributed by atoms with E-state index in [0.29, 0.717) is 12.5 Å².